The van der Waals surface area contributed by atoms with E-state index in [0.29, 0.717) is 12.5 Å². The normalized spacial score (nSPS) is 10.6. The first-order chi connectivity index (χ1) is 6.50. The van der Waals surface area contributed by atoms with E-state index < -0.39 is 0 Å². The molecule has 4 heteroatoms. The zero-order valence-electron chi connectivity index (χ0n) is 9.07. The molecule has 1 rings (SSSR count). The van der Waals surface area contributed by atoms with Gasteiger partial charge in [0, 0.05) is 24.9 Å². The fraction of sp³-hybridized carbons (Fsp3) is 0.600. The van der Waals surface area contributed by atoms with E-state index in [4.69, 9.17) is 0 Å². The molecule has 0 aliphatic heterocycles. The minimum Gasteiger partial charge on any atom is -0.349 e. The van der Waals surface area contributed by atoms with Crippen LogP contribution >= 0.6 is 11.3 Å². The summed E-state index contributed by atoms with van der Waals surface area (Å²) in [4.78, 5) is 17.4. The summed E-state index contributed by atoms with van der Waals surface area (Å²) in [5, 5.41) is 2.94. The Labute approximate surface area is 88.8 Å². The lowest BCUT2D eigenvalue weighted by atomic mass is 10.3. The number of hydrogen-bond donors (Lipinski definition) is 0. The molecule has 0 unspecified atom stereocenters. The van der Waals surface area contributed by atoms with Crippen molar-refractivity contribution in [2.45, 2.75) is 33.2 Å². The Morgan fingerprint density at radius 2 is 2.29 bits per heavy atom. The van der Waals surface area contributed by atoms with Crippen molar-refractivity contribution in [1.29, 1.82) is 0 Å². The predicted octanol–water partition coefficient (Wildman–Crippen LogP) is 2.12. The van der Waals surface area contributed by atoms with Crippen molar-refractivity contribution in [2.75, 3.05) is 11.9 Å². The zero-order chi connectivity index (χ0) is 10.7. The van der Waals surface area contributed by atoms with Crippen LogP contribution < -0.4 is 4.90 Å². The van der Waals surface area contributed by atoms with Crippen LogP contribution in [-0.4, -0.2) is 23.9 Å². The summed E-state index contributed by atoms with van der Waals surface area (Å²) < 4.78 is 0. The maximum atomic E-state index is 10.9. The van der Waals surface area contributed by atoms with Gasteiger partial charge in [-0.25, -0.2) is 4.98 Å². The van der Waals surface area contributed by atoms with Gasteiger partial charge in [0.2, 0.25) is 0 Å². The molecule has 0 aliphatic carbocycles. The molecule has 0 N–H and O–H groups in total. The van der Waals surface area contributed by atoms with Gasteiger partial charge in [-0.3, -0.25) is 4.79 Å². The van der Waals surface area contributed by atoms with E-state index in [9.17, 15) is 4.79 Å². The molecule has 0 fully saturated rings. The molecular weight excluding hydrogens is 196 g/mol. The van der Waals surface area contributed by atoms with Gasteiger partial charge >= 0.3 is 0 Å². The predicted molar refractivity (Wildman–Crippen MR) is 60.0 cm³/mol. The lowest BCUT2D eigenvalue weighted by Gasteiger charge is -2.19. The van der Waals surface area contributed by atoms with E-state index in [1.165, 1.54) is 0 Å². The van der Waals surface area contributed by atoms with Crippen LogP contribution in [0.5, 0.6) is 0 Å². The first-order valence-electron chi connectivity index (χ1n) is 4.67. The minimum atomic E-state index is 0.161. The van der Waals surface area contributed by atoms with E-state index >= 15 is 0 Å². The van der Waals surface area contributed by atoms with Gasteiger partial charge in [0.1, 0.15) is 5.78 Å². The summed E-state index contributed by atoms with van der Waals surface area (Å²) in [6, 6.07) is 0.436. The summed E-state index contributed by atoms with van der Waals surface area (Å²) in [6.45, 7) is 5.82. The van der Waals surface area contributed by atoms with Gasteiger partial charge in [0.15, 0.2) is 5.13 Å². The van der Waals surface area contributed by atoms with Gasteiger partial charge in [0.25, 0.3) is 0 Å². The number of thiazole rings is 1. The number of aromatic nitrogens is 1. The van der Waals surface area contributed by atoms with Gasteiger partial charge in [-0.15, -0.1) is 11.3 Å². The van der Waals surface area contributed by atoms with E-state index in [2.05, 4.69) is 23.7 Å². The molecule has 0 aromatic carbocycles. The van der Waals surface area contributed by atoms with E-state index in [1.807, 2.05) is 12.4 Å². The maximum Gasteiger partial charge on any atom is 0.185 e. The number of nitrogens with zero attached hydrogens (tertiary/aromatic N) is 2. The van der Waals surface area contributed by atoms with Gasteiger partial charge in [-0.05, 0) is 20.8 Å². The molecule has 78 valence electrons. The highest BCUT2D eigenvalue weighted by atomic mass is 32.1. The first kappa shape index (κ1) is 11.2. The van der Waals surface area contributed by atoms with Crippen LogP contribution in [0.3, 0.4) is 0 Å². The molecule has 1 heterocycles. The van der Waals surface area contributed by atoms with Crippen molar-refractivity contribution in [1.82, 2.24) is 4.98 Å². The third kappa shape index (κ3) is 2.80. The second kappa shape index (κ2) is 4.55. The fourth-order valence-corrected chi connectivity index (χ4v) is 1.94. The number of carbonyl (C=O) groups is 1. The largest absolute Gasteiger partial charge is 0.349 e. The van der Waals surface area contributed by atoms with Crippen molar-refractivity contribution in [3.8, 4) is 0 Å². The zero-order valence-corrected chi connectivity index (χ0v) is 9.89. The summed E-state index contributed by atoms with van der Waals surface area (Å²) in [7, 11) is 2.01. The molecular formula is C10H16N2OS. The van der Waals surface area contributed by atoms with Crippen LogP contribution in [0, 0.1) is 0 Å². The van der Waals surface area contributed by atoms with Crippen molar-refractivity contribution in [2.24, 2.45) is 0 Å². The molecule has 1 aromatic heterocycles. The number of Topliss-reactive ketones (excluding diaryl/α,β-unsaturated/α-hetero) is 1. The molecule has 14 heavy (non-hydrogen) atoms. The van der Waals surface area contributed by atoms with Crippen molar-refractivity contribution < 1.29 is 4.79 Å². The molecule has 0 atom stereocenters. The molecule has 0 saturated heterocycles. The van der Waals surface area contributed by atoms with Crippen LogP contribution in [0.25, 0.3) is 0 Å². The molecule has 0 aliphatic rings. The van der Waals surface area contributed by atoms with Crippen molar-refractivity contribution >= 4 is 22.3 Å². The Morgan fingerprint density at radius 1 is 1.64 bits per heavy atom. The third-order valence-electron chi connectivity index (χ3n) is 2.05. The standard InChI is InChI=1S/C10H16N2OS/c1-7(2)12(4)10-11-9(6-14-10)5-8(3)13/h6-7H,5H2,1-4H3. The van der Waals surface area contributed by atoms with Gasteiger partial charge < -0.3 is 4.90 Å². The average Bonchev–Trinajstić information content (AvgIpc) is 2.50. The van der Waals surface area contributed by atoms with E-state index in [1.54, 1.807) is 18.3 Å². The fourth-order valence-electron chi connectivity index (χ4n) is 1.02. The molecule has 0 amide bonds. The number of rotatable bonds is 4. The summed E-state index contributed by atoms with van der Waals surface area (Å²) >= 11 is 1.59. The lowest BCUT2D eigenvalue weighted by Crippen LogP contribution is -2.25. The van der Waals surface area contributed by atoms with Crippen LogP contribution in [0.2, 0.25) is 0 Å². The summed E-state index contributed by atoms with van der Waals surface area (Å²) in [5.74, 6) is 0.161. The Kier molecular flexibility index (Phi) is 3.63. The lowest BCUT2D eigenvalue weighted by molar-refractivity contribution is -0.116. The topological polar surface area (TPSA) is 33.2 Å². The van der Waals surface area contributed by atoms with Crippen LogP contribution in [-0.2, 0) is 11.2 Å². The second-order valence-electron chi connectivity index (χ2n) is 3.70. The number of anilines is 1. The van der Waals surface area contributed by atoms with Gasteiger partial charge in [-0.1, -0.05) is 0 Å². The summed E-state index contributed by atoms with van der Waals surface area (Å²) in [6.07, 6.45) is 0.447. The Hall–Kier alpha value is -0.900. The Bertz CT molecular complexity index is 320. The van der Waals surface area contributed by atoms with Crippen LogP contribution in [0.1, 0.15) is 26.5 Å². The number of ketones is 1. The first-order valence-corrected chi connectivity index (χ1v) is 5.55. The van der Waals surface area contributed by atoms with Crippen LogP contribution in [0.4, 0.5) is 5.13 Å². The highest BCUT2D eigenvalue weighted by Crippen LogP contribution is 2.21. The van der Waals surface area contributed by atoms with E-state index in [0.717, 1.165) is 10.8 Å². The molecule has 0 bridgehead atoms. The number of carbonyl (C=O) groups excluding carboxylic acids is 1. The highest BCUT2D eigenvalue weighted by Gasteiger charge is 2.10. The van der Waals surface area contributed by atoms with Crippen molar-refractivity contribution in [3.05, 3.63) is 11.1 Å². The SMILES string of the molecule is CC(=O)Cc1csc(N(C)C(C)C)n1. The molecule has 0 saturated carbocycles. The van der Waals surface area contributed by atoms with Crippen molar-refractivity contribution in [3.63, 3.8) is 0 Å². The third-order valence-corrected chi connectivity index (χ3v) is 3.03. The minimum absolute atomic E-state index is 0.161. The molecule has 0 radical (unpaired) electrons. The molecule has 3 nitrogen and oxygen atoms in total. The highest BCUT2D eigenvalue weighted by molar-refractivity contribution is 7.13. The van der Waals surface area contributed by atoms with Gasteiger partial charge in [-0.2, -0.15) is 0 Å². The molecule has 1 aromatic rings. The quantitative estimate of drug-likeness (QED) is 0.766. The second-order valence-corrected chi connectivity index (χ2v) is 4.54. The average molecular weight is 212 g/mol. The van der Waals surface area contributed by atoms with Crippen LogP contribution in [0.15, 0.2) is 5.38 Å². The smallest absolute Gasteiger partial charge is 0.185 e. The summed E-state index contributed by atoms with van der Waals surface area (Å²) in [5.41, 5.74) is 0.880. The monoisotopic (exact) mass is 212 g/mol. The molecule has 0 spiro atoms. The maximum absolute atomic E-state index is 10.9. The van der Waals surface area contributed by atoms with E-state index in [-0.39, 0.29) is 5.78 Å². The Balaban J connectivity index is 2.72. The Morgan fingerprint density at radius 3 is 2.79 bits per heavy atom. The number of hydrogen-bond acceptors (Lipinski definition) is 4. The van der Waals surface area contributed by atoms with Gasteiger partial charge in [0.05, 0.1) is 5.69 Å².